The molecule has 0 heterocycles. The highest BCUT2D eigenvalue weighted by Crippen LogP contribution is 2.25. The number of phosphoric acid groups is 1. The van der Waals surface area contributed by atoms with Crippen LogP contribution < -0.4 is 11.1 Å². The van der Waals surface area contributed by atoms with E-state index in [0.717, 1.165) is 19.6 Å². The van der Waals surface area contributed by atoms with Crippen LogP contribution in [-0.4, -0.2) is 34.3 Å². The molecule has 0 unspecified atom stereocenters. The lowest BCUT2D eigenvalue weighted by Gasteiger charge is -1.95. The normalized spacial score (nSPS) is 10.4. The molecule has 0 rings (SSSR count). The minimum Gasteiger partial charge on any atom is -0.329 e. The molecule has 6 N–H and O–H groups in total. The van der Waals surface area contributed by atoms with Crippen LogP contribution in [-0.2, 0) is 4.57 Å². The summed E-state index contributed by atoms with van der Waals surface area (Å²) < 4.78 is 8.88. The van der Waals surface area contributed by atoms with Crippen LogP contribution in [0.5, 0.6) is 0 Å². The van der Waals surface area contributed by atoms with Gasteiger partial charge in [0, 0.05) is 13.1 Å². The highest BCUT2D eigenvalue weighted by Gasteiger charge is 2.00. The van der Waals surface area contributed by atoms with E-state index in [1.807, 2.05) is 0 Å². The summed E-state index contributed by atoms with van der Waals surface area (Å²) in [5.41, 5.74) is 5.21. The lowest BCUT2D eigenvalue weighted by atomic mass is 10.5. The van der Waals surface area contributed by atoms with Crippen molar-refractivity contribution in [2.75, 3.05) is 19.6 Å². The number of hydrogen-bond acceptors (Lipinski definition) is 3. The van der Waals surface area contributed by atoms with Gasteiger partial charge in [0.25, 0.3) is 0 Å². The summed E-state index contributed by atoms with van der Waals surface area (Å²) in [6.45, 7) is 4.94. The molecule has 0 atom stereocenters. The third-order valence-corrected chi connectivity index (χ3v) is 0.748. The lowest BCUT2D eigenvalue weighted by Crippen LogP contribution is -2.22. The molecule has 7 heteroatoms. The smallest absolute Gasteiger partial charge is 0.329 e. The maximum absolute atomic E-state index is 8.88. The average Bonchev–Trinajstić information content (AvgIpc) is 1.85. The summed E-state index contributed by atoms with van der Waals surface area (Å²) in [6, 6.07) is 0. The van der Waals surface area contributed by atoms with Crippen LogP contribution in [0.1, 0.15) is 13.3 Å². The Bertz CT molecular complexity index is 114. The van der Waals surface area contributed by atoms with E-state index in [1.165, 1.54) is 6.42 Å². The Kier molecular flexibility index (Phi) is 11.1. The van der Waals surface area contributed by atoms with Crippen LogP contribution in [0.15, 0.2) is 0 Å². The van der Waals surface area contributed by atoms with Crippen molar-refractivity contribution in [2.24, 2.45) is 5.73 Å². The monoisotopic (exact) mass is 200 g/mol. The molecule has 0 aromatic heterocycles. The van der Waals surface area contributed by atoms with Crippen molar-refractivity contribution in [3.05, 3.63) is 0 Å². The number of rotatable bonds is 4. The van der Waals surface area contributed by atoms with Gasteiger partial charge in [-0.05, 0) is 13.0 Å². The Morgan fingerprint density at radius 3 is 2.00 bits per heavy atom. The molecule has 0 spiro atoms. The maximum Gasteiger partial charge on any atom is 0.466 e. The minimum absolute atomic E-state index is 0.750. The first-order valence-electron chi connectivity index (χ1n) is 3.61. The first kappa shape index (κ1) is 14.5. The molecule has 0 aliphatic heterocycles. The number of nitrogens with one attached hydrogen (secondary N) is 1. The predicted molar refractivity (Wildman–Crippen MR) is 46.5 cm³/mol. The summed E-state index contributed by atoms with van der Waals surface area (Å²) in [7, 11) is -4.64. The number of nitrogens with two attached hydrogens (primary N) is 1. The van der Waals surface area contributed by atoms with Crippen LogP contribution in [0.4, 0.5) is 0 Å². The van der Waals surface area contributed by atoms with E-state index in [2.05, 4.69) is 12.2 Å². The molecule has 0 aliphatic rings. The molecular formula is C5H17N2O4P. The van der Waals surface area contributed by atoms with Gasteiger partial charge in [0.15, 0.2) is 0 Å². The molecule has 0 amide bonds. The van der Waals surface area contributed by atoms with Gasteiger partial charge < -0.3 is 25.7 Å². The average molecular weight is 200 g/mol. The van der Waals surface area contributed by atoms with Crippen molar-refractivity contribution in [3.63, 3.8) is 0 Å². The molecule has 0 bridgehead atoms. The van der Waals surface area contributed by atoms with Gasteiger partial charge in [-0.1, -0.05) is 6.92 Å². The molecule has 0 saturated carbocycles. The lowest BCUT2D eigenvalue weighted by molar-refractivity contribution is 0.275. The van der Waals surface area contributed by atoms with E-state index in [-0.39, 0.29) is 0 Å². The summed E-state index contributed by atoms with van der Waals surface area (Å²) in [5, 5.41) is 3.16. The van der Waals surface area contributed by atoms with E-state index >= 15 is 0 Å². The first-order chi connectivity index (χ1) is 5.41. The fourth-order valence-corrected chi connectivity index (χ4v) is 0.404. The van der Waals surface area contributed by atoms with Crippen LogP contribution in [0.25, 0.3) is 0 Å². The van der Waals surface area contributed by atoms with E-state index in [4.69, 9.17) is 25.0 Å². The third kappa shape index (κ3) is 50.4. The molecule has 12 heavy (non-hydrogen) atoms. The Morgan fingerprint density at radius 2 is 1.75 bits per heavy atom. The van der Waals surface area contributed by atoms with Gasteiger partial charge >= 0.3 is 7.82 Å². The van der Waals surface area contributed by atoms with Crippen LogP contribution in [0, 0.1) is 0 Å². The predicted octanol–water partition coefficient (Wildman–Crippen LogP) is -0.984. The second kappa shape index (κ2) is 9.12. The Morgan fingerprint density at radius 1 is 1.33 bits per heavy atom. The van der Waals surface area contributed by atoms with Crippen LogP contribution in [0.3, 0.4) is 0 Å². The van der Waals surface area contributed by atoms with Crippen molar-refractivity contribution in [1.82, 2.24) is 5.32 Å². The SMILES string of the molecule is CCCNCCN.O=P(O)(O)O. The van der Waals surface area contributed by atoms with Crippen molar-refractivity contribution < 1.29 is 19.2 Å². The molecule has 0 radical (unpaired) electrons. The Labute approximate surface area is 72.0 Å². The van der Waals surface area contributed by atoms with E-state index in [9.17, 15) is 0 Å². The van der Waals surface area contributed by atoms with Gasteiger partial charge in [-0.3, -0.25) is 0 Å². The van der Waals surface area contributed by atoms with Gasteiger partial charge in [-0.25, -0.2) is 4.57 Å². The zero-order chi connectivity index (χ0) is 10.0. The van der Waals surface area contributed by atoms with Gasteiger partial charge in [-0.15, -0.1) is 0 Å². The standard InChI is InChI=1S/C5H14N2.H3O4P/c1-2-4-7-5-3-6;1-5(2,3)4/h7H,2-6H2,1H3;(H3,1,2,3,4). The third-order valence-electron chi connectivity index (χ3n) is 0.748. The van der Waals surface area contributed by atoms with Gasteiger partial charge in [0.2, 0.25) is 0 Å². The highest BCUT2D eigenvalue weighted by atomic mass is 31.2. The zero-order valence-electron chi connectivity index (χ0n) is 7.10. The molecule has 76 valence electrons. The van der Waals surface area contributed by atoms with Crippen LogP contribution >= 0.6 is 7.82 Å². The van der Waals surface area contributed by atoms with Crippen molar-refractivity contribution in [1.29, 1.82) is 0 Å². The quantitative estimate of drug-likeness (QED) is 0.294. The zero-order valence-corrected chi connectivity index (χ0v) is 8.00. The maximum atomic E-state index is 8.88. The largest absolute Gasteiger partial charge is 0.466 e. The van der Waals surface area contributed by atoms with E-state index in [1.54, 1.807) is 0 Å². The summed E-state index contributed by atoms with van der Waals surface area (Å²) in [4.78, 5) is 21.6. The van der Waals surface area contributed by atoms with E-state index < -0.39 is 7.82 Å². The summed E-state index contributed by atoms with van der Waals surface area (Å²) in [6.07, 6.45) is 1.19. The van der Waals surface area contributed by atoms with Crippen molar-refractivity contribution in [2.45, 2.75) is 13.3 Å². The van der Waals surface area contributed by atoms with Crippen molar-refractivity contribution in [3.8, 4) is 0 Å². The molecule has 6 nitrogen and oxygen atoms in total. The molecule has 0 aromatic rings. The van der Waals surface area contributed by atoms with Crippen molar-refractivity contribution >= 4 is 7.82 Å². The fourth-order valence-electron chi connectivity index (χ4n) is 0.404. The Hall–Kier alpha value is 0.0300. The topological polar surface area (TPSA) is 116 Å². The second-order valence-corrected chi connectivity index (χ2v) is 3.08. The van der Waals surface area contributed by atoms with Gasteiger partial charge in [0.05, 0.1) is 0 Å². The second-order valence-electron chi connectivity index (χ2n) is 2.05. The van der Waals surface area contributed by atoms with E-state index in [0.29, 0.717) is 0 Å². The molecule has 0 aliphatic carbocycles. The molecule has 0 saturated heterocycles. The van der Waals surface area contributed by atoms with Crippen LogP contribution in [0.2, 0.25) is 0 Å². The summed E-state index contributed by atoms with van der Waals surface area (Å²) in [5.74, 6) is 0. The van der Waals surface area contributed by atoms with Gasteiger partial charge in [-0.2, -0.15) is 0 Å². The fraction of sp³-hybridized carbons (Fsp3) is 1.00. The highest BCUT2D eigenvalue weighted by molar-refractivity contribution is 7.45. The first-order valence-corrected chi connectivity index (χ1v) is 5.17. The minimum atomic E-state index is -4.64. The molecule has 0 fully saturated rings. The molecular weight excluding hydrogens is 183 g/mol. The number of hydrogen-bond donors (Lipinski definition) is 5. The Balaban J connectivity index is 0. The van der Waals surface area contributed by atoms with Gasteiger partial charge in [0.1, 0.15) is 0 Å². The summed E-state index contributed by atoms with van der Waals surface area (Å²) >= 11 is 0. The molecule has 0 aromatic carbocycles.